The summed E-state index contributed by atoms with van der Waals surface area (Å²) in [6, 6.07) is 8.17. The number of nitrogens with zero attached hydrogens (tertiary/aromatic N) is 3. The van der Waals surface area contributed by atoms with Gasteiger partial charge in [0.1, 0.15) is 5.01 Å². The molecule has 0 saturated heterocycles. The van der Waals surface area contributed by atoms with Gasteiger partial charge in [-0.1, -0.05) is 37.3 Å². The summed E-state index contributed by atoms with van der Waals surface area (Å²) in [5.41, 5.74) is 14.4. The van der Waals surface area contributed by atoms with Crippen LogP contribution in [0, 0.1) is 18.8 Å². The molecule has 6 heteroatoms. The molecule has 0 spiro atoms. The third-order valence-electron chi connectivity index (χ3n) is 3.46. The van der Waals surface area contributed by atoms with E-state index in [1.165, 1.54) is 6.42 Å². The van der Waals surface area contributed by atoms with Crippen molar-refractivity contribution in [3.8, 4) is 22.4 Å². The summed E-state index contributed by atoms with van der Waals surface area (Å²) in [4.78, 5) is 5.61. The minimum atomic E-state index is -0.0580. The van der Waals surface area contributed by atoms with Crippen LogP contribution in [0.2, 0.25) is 0 Å². The predicted octanol–water partition coefficient (Wildman–Crippen LogP) is 3.66. The number of thiazole rings is 1. The van der Waals surface area contributed by atoms with Gasteiger partial charge in [0.2, 0.25) is 5.96 Å². The lowest BCUT2D eigenvalue weighted by Gasteiger charge is -1.96. The highest BCUT2D eigenvalue weighted by atomic mass is 32.1. The second-order valence-electron chi connectivity index (χ2n) is 5.63. The quantitative estimate of drug-likeness (QED) is 0.283. The van der Waals surface area contributed by atoms with Gasteiger partial charge in [-0.3, -0.25) is 0 Å². The van der Waals surface area contributed by atoms with Gasteiger partial charge in [0.25, 0.3) is 0 Å². The molecule has 0 fully saturated rings. The molecule has 25 heavy (non-hydrogen) atoms. The molecule has 0 unspecified atom stereocenters. The van der Waals surface area contributed by atoms with Crippen LogP contribution < -0.4 is 11.5 Å². The highest BCUT2D eigenvalue weighted by Gasteiger charge is 2.12. The maximum atomic E-state index is 5.32. The first-order chi connectivity index (χ1) is 12.0. The molecule has 2 aromatic rings. The lowest BCUT2D eigenvalue weighted by Crippen LogP contribution is -2.22. The van der Waals surface area contributed by atoms with Crippen molar-refractivity contribution in [1.29, 1.82) is 0 Å². The Balaban J connectivity index is 2.19. The summed E-state index contributed by atoms with van der Waals surface area (Å²) in [7, 11) is 0. The normalized spacial score (nSPS) is 10.9. The molecular formula is C19H23N5S. The van der Waals surface area contributed by atoms with Crippen molar-refractivity contribution in [1.82, 2.24) is 4.98 Å². The zero-order valence-electron chi connectivity index (χ0n) is 14.8. The fourth-order valence-electron chi connectivity index (χ4n) is 2.16. The third kappa shape index (κ3) is 5.44. The Kier molecular flexibility index (Phi) is 6.72. The molecule has 0 bridgehead atoms. The molecule has 0 aliphatic rings. The number of aryl methyl sites for hydroxylation is 1. The Labute approximate surface area is 152 Å². The molecule has 4 N–H and O–H groups in total. The predicted molar refractivity (Wildman–Crippen MR) is 107 cm³/mol. The number of rotatable bonds is 5. The average Bonchev–Trinajstić information content (AvgIpc) is 2.99. The molecule has 0 saturated carbocycles. The van der Waals surface area contributed by atoms with Crippen LogP contribution in [0.15, 0.2) is 34.5 Å². The molecule has 0 aliphatic carbocycles. The van der Waals surface area contributed by atoms with Crippen molar-refractivity contribution in [2.45, 2.75) is 40.0 Å². The molecule has 0 atom stereocenters. The van der Waals surface area contributed by atoms with E-state index in [1.54, 1.807) is 11.3 Å². The van der Waals surface area contributed by atoms with Gasteiger partial charge in [0, 0.05) is 17.5 Å². The lowest BCUT2D eigenvalue weighted by atomic mass is 10.1. The number of nitrogens with two attached hydrogens (primary N) is 2. The fourth-order valence-corrected chi connectivity index (χ4v) is 3.17. The van der Waals surface area contributed by atoms with Gasteiger partial charge in [-0.25, -0.2) is 4.98 Å². The Morgan fingerprint density at radius 2 is 1.92 bits per heavy atom. The van der Waals surface area contributed by atoms with E-state index in [1.807, 2.05) is 38.1 Å². The highest BCUT2D eigenvalue weighted by molar-refractivity contribution is 7.17. The van der Waals surface area contributed by atoms with Crippen LogP contribution in [-0.4, -0.2) is 16.7 Å². The van der Waals surface area contributed by atoms with E-state index in [0.29, 0.717) is 0 Å². The first-order valence-electron chi connectivity index (χ1n) is 8.21. The van der Waals surface area contributed by atoms with Gasteiger partial charge >= 0.3 is 0 Å². The van der Waals surface area contributed by atoms with E-state index < -0.39 is 0 Å². The summed E-state index contributed by atoms with van der Waals surface area (Å²) in [6.07, 6.45) is 3.26. The van der Waals surface area contributed by atoms with E-state index >= 15 is 0 Å². The van der Waals surface area contributed by atoms with Crippen LogP contribution in [0.5, 0.6) is 0 Å². The number of unbranched alkanes of at least 4 members (excludes halogenated alkanes) is 2. The summed E-state index contributed by atoms with van der Waals surface area (Å²) in [6.45, 7) is 5.99. The zero-order chi connectivity index (χ0) is 18.2. The van der Waals surface area contributed by atoms with Crippen molar-refractivity contribution >= 4 is 23.0 Å². The van der Waals surface area contributed by atoms with Gasteiger partial charge in [-0.15, -0.1) is 16.4 Å². The molecule has 1 aromatic heterocycles. The van der Waals surface area contributed by atoms with E-state index in [9.17, 15) is 0 Å². The summed E-state index contributed by atoms with van der Waals surface area (Å²) < 4.78 is 0. The molecular weight excluding hydrogens is 330 g/mol. The second-order valence-corrected chi connectivity index (χ2v) is 6.63. The van der Waals surface area contributed by atoms with Crippen LogP contribution in [0.1, 0.15) is 49.2 Å². The van der Waals surface area contributed by atoms with Gasteiger partial charge in [0.15, 0.2) is 0 Å². The van der Waals surface area contributed by atoms with Crippen LogP contribution in [-0.2, 0) is 0 Å². The van der Waals surface area contributed by atoms with Crippen molar-refractivity contribution in [2.24, 2.45) is 21.7 Å². The third-order valence-corrected chi connectivity index (χ3v) is 4.78. The topological polar surface area (TPSA) is 89.6 Å². The van der Waals surface area contributed by atoms with E-state index in [2.05, 4.69) is 34.0 Å². The summed E-state index contributed by atoms with van der Waals surface area (Å²) >= 11 is 1.57. The number of hydrogen-bond acceptors (Lipinski definition) is 4. The summed E-state index contributed by atoms with van der Waals surface area (Å²) in [5.74, 6) is 6.34. The molecule has 0 amide bonds. The maximum Gasteiger partial charge on any atom is 0.211 e. The minimum absolute atomic E-state index is 0.0580. The molecule has 1 heterocycles. The SMILES string of the molecule is CCCCC#Cc1ccc(-c2nc(C)c(C(C)=NN=C(N)N)s2)cc1. The average molecular weight is 353 g/mol. The van der Waals surface area contributed by atoms with E-state index in [-0.39, 0.29) is 5.96 Å². The van der Waals surface area contributed by atoms with Crippen molar-refractivity contribution in [3.63, 3.8) is 0 Å². The molecule has 1 aromatic carbocycles. The Bertz CT molecular complexity index is 831. The smallest absolute Gasteiger partial charge is 0.211 e. The maximum absolute atomic E-state index is 5.32. The monoisotopic (exact) mass is 353 g/mol. The molecule has 2 rings (SSSR count). The van der Waals surface area contributed by atoms with Crippen LogP contribution >= 0.6 is 11.3 Å². The van der Waals surface area contributed by atoms with Crippen LogP contribution in [0.3, 0.4) is 0 Å². The number of guanidine groups is 1. The van der Waals surface area contributed by atoms with E-state index in [0.717, 1.165) is 45.3 Å². The molecule has 0 radical (unpaired) electrons. The minimum Gasteiger partial charge on any atom is -0.369 e. The van der Waals surface area contributed by atoms with Gasteiger partial charge in [0.05, 0.1) is 16.3 Å². The van der Waals surface area contributed by atoms with E-state index in [4.69, 9.17) is 11.5 Å². The lowest BCUT2D eigenvalue weighted by molar-refractivity contribution is 0.828. The van der Waals surface area contributed by atoms with Crippen LogP contribution in [0.25, 0.3) is 10.6 Å². The Morgan fingerprint density at radius 1 is 1.20 bits per heavy atom. The highest BCUT2D eigenvalue weighted by Crippen LogP contribution is 2.28. The number of aromatic nitrogens is 1. The Morgan fingerprint density at radius 3 is 2.56 bits per heavy atom. The number of benzene rings is 1. The van der Waals surface area contributed by atoms with Gasteiger partial charge < -0.3 is 11.5 Å². The zero-order valence-corrected chi connectivity index (χ0v) is 15.7. The van der Waals surface area contributed by atoms with Crippen molar-refractivity contribution in [2.75, 3.05) is 0 Å². The standard InChI is InChI=1S/C19H23N5S/c1-4-5-6-7-8-15-9-11-16(12-10-15)18-22-13(2)17(25-18)14(3)23-24-19(20)21/h9-12H,4-6H2,1-3H3,(H4,20,21,24). The first kappa shape index (κ1) is 18.7. The molecule has 130 valence electrons. The van der Waals surface area contributed by atoms with Gasteiger partial charge in [-0.2, -0.15) is 5.10 Å². The number of hydrogen-bond donors (Lipinski definition) is 2. The fraction of sp³-hybridized carbons (Fsp3) is 0.316. The van der Waals surface area contributed by atoms with Gasteiger partial charge in [-0.05, 0) is 32.4 Å². The van der Waals surface area contributed by atoms with Crippen molar-refractivity contribution in [3.05, 3.63) is 40.4 Å². The largest absolute Gasteiger partial charge is 0.369 e. The molecule has 5 nitrogen and oxygen atoms in total. The van der Waals surface area contributed by atoms with Crippen molar-refractivity contribution < 1.29 is 0 Å². The van der Waals surface area contributed by atoms with Crippen LogP contribution in [0.4, 0.5) is 0 Å². The second kappa shape index (κ2) is 9.00. The summed E-state index contributed by atoms with van der Waals surface area (Å²) in [5, 5.41) is 8.67. The first-order valence-corrected chi connectivity index (χ1v) is 9.03. The molecule has 0 aliphatic heterocycles. The Hall–Kier alpha value is -2.65.